The number of carbonyl (C=O) groups is 2. The zero-order valence-corrected chi connectivity index (χ0v) is 14.6. The SMILES string of the molecule is CC1CC(SCC(=O)Nc2cc(C(F)(F)F)cc(C(F)(F)F)c2)NC(=O)N1. The lowest BCUT2D eigenvalue weighted by atomic mass is 10.1. The number of carbonyl (C=O) groups excluding carboxylic acids is 2. The van der Waals surface area contributed by atoms with Crippen molar-refractivity contribution in [3.05, 3.63) is 29.3 Å². The highest BCUT2D eigenvalue weighted by atomic mass is 32.2. The zero-order valence-electron chi connectivity index (χ0n) is 13.8. The monoisotopic (exact) mass is 415 g/mol. The number of amides is 3. The molecular weight excluding hydrogens is 400 g/mol. The summed E-state index contributed by atoms with van der Waals surface area (Å²) in [5.74, 6) is -1.04. The molecule has 0 aromatic heterocycles. The number of alkyl halides is 6. The van der Waals surface area contributed by atoms with Crippen LogP contribution in [0.5, 0.6) is 0 Å². The van der Waals surface area contributed by atoms with Crippen molar-refractivity contribution in [1.82, 2.24) is 10.6 Å². The molecule has 3 amide bonds. The van der Waals surface area contributed by atoms with Crippen molar-refractivity contribution >= 4 is 29.4 Å². The van der Waals surface area contributed by atoms with E-state index in [2.05, 4.69) is 10.6 Å². The molecule has 5 nitrogen and oxygen atoms in total. The Morgan fingerprint density at radius 2 is 1.67 bits per heavy atom. The second-order valence-electron chi connectivity index (χ2n) is 5.90. The highest BCUT2D eigenvalue weighted by Gasteiger charge is 2.37. The molecule has 1 aromatic rings. The second-order valence-corrected chi connectivity index (χ2v) is 7.09. The van der Waals surface area contributed by atoms with E-state index < -0.39 is 46.5 Å². The fourth-order valence-corrected chi connectivity index (χ4v) is 3.40. The Morgan fingerprint density at radius 3 is 2.15 bits per heavy atom. The Balaban J connectivity index is 2.07. The van der Waals surface area contributed by atoms with Crippen LogP contribution in [0.3, 0.4) is 0 Å². The average molecular weight is 415 g/mol. The lowest BCUT2D eigenvalue weighted by Gasteiger charge is -2.28. The van der Waals surface area contributed by atoms with Gasteiger partial charge < -0.3 is 16.0 Å². The van der Waals surface area contributed by atoms with Crippen LogP contribution in [0, 0.1) is 0 Å². The van der Waals surface area contributed by atoms with Gasteiger partial charge in [-0.2, -0.15) is 26.3 Å². The van der Waals surface area contributed by atoms with Crippen LogP contribution >= 0.6 is 11.8 Å². The Morgan fingerprint density at radius 1 is 1.11 bits per heavy atom. The van der Waals surface area contributed by atoms with E-state index in [1.165, 1.54) is 0 Å². The number of halogens is 6. The number of hydrogen-bond acceptors (Lipinski definition) is 3. The normalized spacial score (nSPS) is 20.6. The predicted octanol–water partition coefficient (Wildman–Crippen LogP) is 3.81. The molecule has 2 unspecified atom stereocenters. The van der Waals surface area contributed by atoms with Crippen LogP contribution in [0.15, 0.2) is 18.2 Å². The molecule has 0 spiro atoms. The van der Waals surface area contributed by atoms with E-state index in [0.29, 0.717) is 18.6 Å². The van der Waals surface area contributed by atoms with Crippen molar-refractivity contribution in [2.24, 2.45) is 0 Å². The molecule has 1 fully saturated rings. The summed E-state index contributed by atoms with van der Waals surface area (Å²) in [7, 11) is 0. The van der Waals surface area contributed by atoms with E-state index in [0.717, 1.165) is 11.8 Å². The third-order valence-electron chi connectivity index (χ3n) is 3.52. The molecule has 1 heterocycles. The summed E-state index contributed by atoms with van der Waals surface area (Å²) in [4.78, 5) is 23.3. The highest BCUT2D eigenvalue weighted by Crippen LogP contribution is 2.37. The van der Waals surface area contributed by atoms with E-state index in [9.17, 15) is 35.9 Å². The Hall–Kier alpha value is -2.11. The van der Waals surface area contributed by atoms with Crippen LogP contribution in [-0.4, -0.2) is 29.1 Å². The number of nitrogens with one attached hydrogen (secondary N) is 3. The summed E-state index contributed by atoms with van der Waals surface area (Å²) < 4.78 is 76.8. The predicted molar refractivity (Wildman–Crippen MR) is 87.1 cm³/mol. The number of urea groups is 1. The van der Waals surface area contributed by atoms with Crippen molar-refractivity contribution in [3.63, 3.8) is 0 Å². The van der Waals surface area contributed by atoms with E-state index in [-0.39, 0.29) is 17.9 Å². The summed E-state index contributed by atoms with van der Waals surface area (Å²) in [5.41, 5.74) is -3.63. The molecule has 3 N–H and O–H groups in total. The number of thioether (sulfide) groups is 1. The number of benzene rings is 1. The molecule has 12 heteroatoms. The van der Waals surface area contributed by atoms with Gasteiger partial charge in [0.1, 0.15) is 0 Å². The molecule has 27 heavy (non-hydrogen) atoms. The van der Waals surface area contributed by atoms with Gasteiger partial charge in [0.15, 0.2) is 0 Å². The van der Waals surface area contributed by atoms with E-state index in [1.807, 2.05) is 5.32 Å². The zero-order chi connectivity index (χ0) is 20.4. The minimum Gasteiger partial charge on any atom is -0.336 e. The lowest BCUT2D eigenvalue weighted by Crippen LogP contribution is -2.52. The minimum absolute atomic E-state index is 0.0175. The topological polar surface area (TPSA) is 70.2 Å². The first-order valence-electron chi connectivity index (χ1n) is 7.62. The third-order valence-corrected chi connectivity index (χ3v) is 4.67. The fraction of sp³-hybridized carbons (Fsp3) is 0.467. The molecule has 1 aromatic carbocycles. The van der Waals surface area contributed by atoms with Crippen LogP contribution in [-0.2, 0) is 17.1 Å². The molecule has 150 valence electrons. The van der Waals surface area contributed by atoms with Gasteiger partial charge in [-0.25, -0.2) is 4.79 Å². The first-order chi connectivity index (χ1) is 12.3. The maximum absolute atomic E-state index is 12.8. The van der Waals surface area contributed by atoms with E-state index in [1.54, 1.807) is 6.92 Å². The summed E-state index contributed by atoms with van der Waals surface area (Å²) in [6, 6.07) is 0.311. The van der Waals surface area contributed by atoms with Gasteiger partial charge in [0, 0.05) is 11.7 Å². The molecular formula is C15H15F6N3O2S. The lowest BCUT2D eigenvalue weighted by molar-refractivity contribution is -0.143. The summed E-state index contributed by atoms with van der Waals surface area (Å²) in [6.45, 7) is 1.76. The number of anilines is 1. The summed E-state index contributed by atoms with van der Waals surface area (Å²) in [5, 5.41) is 6.80. The molecule has 2 atom stereocenters. The van der Waals surface area contributed by atoms with Gasteiger partial charge in [0.05, 0.1) is 22.3 Å². The maximum Gasteiger partial charge on any atom is 0.416 e. The van der Waals surface area contributed by atoms with Gasteiger partial charge >= 0.3 is 18.4 Å². The van der Waals surface area contributed by atoms with E-state index >= 15 is 0 Å². The summed E-state index contributed by atoms with van der Waals surface area (Å²) >= 11 is 1.02. The van der Waals surface area contributed by atoms with Gasteiger partial charge in [-0.15, -0.1) is 11.8 Å². The van der Waals surface area contributed by atoms with Crippen molar-refractivity contribution < 1.29 is 35.9 Å². The quantitative estimate of drug-likeness (QED) is 0.655. The minimum atomic E-state index is -5.00. The van der Waals surface area contributed by atoms with Crippen LogP contribution < -0.4 is 16.0 Å². The molecule has 0 bridgehead atoms. The maximum atomic E-state index is 12.8. The highest BCUT2D eigenvalue weighted by molar-refractivity contribution is 8.00. The van der Waals surface area contributed by atoms with Crippen LogP contribution in [0.2, 0.25) is 0 Å². The Labute approximate surface area is 154 Å². The molecule has 1 aliphatic heterocycles. The molecule has 2 rings (SSSR count). The van der Waals surface area contributed by atoms with Gasteiger partial charge in [0.2, 0.25) is 5.91 Å². The second kappa shape index (κ2) is 7.87. The van der Waals surface area contributed by atoms with Crippen LogP contribution in [0.1, 0.15) is 24.5 Å². The van der Waals surface area contributed by atoms with Crippen molar-refractivity contribution in [1.29, 1.82) is 0 Å². The molecule has 0 saturated carbocycles. The average Bonchev–Trinajstić information content (AvgIpc) is 2.50. The van der Waals surface area contributed by atoms with Gasteiger partial charge in [-0.1, -0.05) is 0 Å². The van der Waals surface area contributed by atoms with Crippen molar-refractivity contribution in [2.45, 2.75) is 37.1 Å². The fourth-order valence-electron chi connectivity index (χ4n) is 2.36. The van der Waals surface area contributed by atoms with Gasteiger partial charge in [-0.3, -0.25) is 4.79 Å². The van der Waals surface area contributed by atoms with Gasteiger partial charge in [-0.05, 0) is 31.5 Å². The first-order valence-corrected chi connectivity index (χ1v) is 8.67. The van der Waals surface area contributed by atoms with E-state index in [4.69, 9.17) is 0 Å². The van der Waals surface area contributed by atoms with Crippen LogP contribution in [0.4, 0.5) is 36.8 Å². The number of rotatable bonds is 4. The summed E-state index contributed by atoms with van der Waals surface area (Å²) in [6.07, 6.45) is -9.48. The Kier molecular flexibility index (Phi) is 6.17. The Bertz CT molecular complexity index is 690. The standard InChI is InChI=1S/C15H15F6N3O2S/c1-7-2-12(24-13(26)22-7)27-6-11(25)23-10-4-8(14(16,17)18)3-9(5-10)15(19,20)21/h3-5,7,12H,2,6H2,1H3,(H,23,25)(H2,22,24,26). The van der Waals surface area contributed by atoms with Crippen molar-refractivity contribution in [3.8, 4) is 0 Å². The molecule has 0 radical (unpaired) electrons. The molecule has 1 saturated heterocycles. The van der Waals surface area contributed by atoms with Gasteiger partial charge in [0.25, 0.3) is 0 Å². The molecule has 0 aliphatic carbocycles. The molecule has 1 aliphatic rings. The first kappa shape index (κ1) is 21.2. The number of hydrogen-bond donors (Lipinski definition) is 3. The van der Waals surface area contributed by atoms with Crippen molar-refractivity contribution in [2.75, 3.05) is 11.1 Å². The third kappa shape index (κ3) is 6.22. The van der Waals surface area contributed by atoms with Crippen LogP contribution in [0.25, 0.3) is 0 Å². The smallest absolute Gasteiger partial charge is 0.336 e. The largest absolute Gasteiger partial charge is 0.416 e.